The van der Waals surface area contributed by atoms with Gasteiger partial charge < -0.3 is 24.8 Å². The standard InChI is InChI=1S/C14H20N2O4/c1-18-6-2-7-19-8-5-16-12-4-3-11(15)9-13(12)20-10-14(16)17/h3-4,9H,2,5-8,10,15H2,1H3. The maximum atomic E-state index is 11.9. The molecule has 1 aromatic carbocycles. The number of rotatable bonds is 7. The summed E-state index contributed by atoms with van der Waals surface area (Å²) >= 11 is 0. The van der Waals surface area contributed by atoms with E-state index in [2.05, 4.69) is 0 Å². The lowest BCUT2D eigenvalue weighted by Gasteiger charge is -2.29. The molecule has 1 aliphatic rings. The number of nitrogens with two attached hydrogens (primary N) is 1. The molecule has 0 bridgehead atoms. The molecule has 1 aromatic rings. The van der Waals surface area contributed by atoms with Crippen molar-refractivity contribution in [3.05, 3.63) is 18.2 Å². The second kappa shape index (κ2) is 7.12. The Hall–Kier alpha value is -1.79. The zero-order chi connectivity index (χ0) is 14.4. The van der Waals surface area contributed by atoms with Crippen LogP contribution in [0.4, 0.5) is 11.4 Å². The van der Waals surface area contributed by atoms with E-state index in [0.29, 0.717) is 37.8 Å². The van der Waals surface area contributed by atoms with E-state index in [9.17, 15) is 4.79 Å². The summed E-state index contributed by atoms with van der Waals surface area (Å²) in [6, 6.07) is 5.29. The summed E-state index contributed by atoms with van der Waals surface area (Å²) in [6.45, 7) is 2.34. The van der Waals surface area contributed by atoms with Gasteiger partial charge in [-0.2, -0.15) is 0 Å². The highest BCUT2D eigenvalue weighted by molar-refractivity contribution is 5.98. The molecule has 2 rings (SSSR count). The third kappa shape index (κ3) is 3.61. The summed E-state index contributed by atoms with van der Waals surface area (Å²) in [5.41, 5.74) is 7.08. The topological polar surface area (TPSA) is 74.0 Å². The van der Waals surface area contributed by atoms with Crippen molar-refractivity contribution in [1.29, 1.82) is 0 Å². The fourth-order valence-corrected chi connectivity index (χ4v) is 2.03. The minimum atomic E-state index is -0.0669. The lowest BCUT2D eigenvalue weighted by Crippen LogP contribution is -2.40. The molecule has 0 unspecified atom stereocenters. The molecule has 0 spiro atoms. The Balaban J connectivity index is 1.89. The Labute approximate surface area is 118 Å². The first-order chi connectivity index (χ1) is 9.72. The summed E-state index contributed by atoms with van der Waals surface area (Å²) in [5.74, 6) is 0.576. The summed E-state index contributed by atoms with van der Waals surface area (Å²) in [7, 11) is 1.66. The number of benzene rings is 1. The number of hydrogen-bond acceptors (Lipinski definition) is 5. The second-order valence-electron chi connectivity index (χ2n) is 4.52. The van der Waals surface area contributed by atoms with Gasteiger partial charge in [0.1, 0.15) is 5.75 Å². The van der Waals surface area contributed by atoms with E-state index in [-0.39, 0.29) is 12.5 Å². The van der Waals surface area contributed by atoms with Crippen LogP contribution in [0.15, 0.2) is 18.2 Å². The van der Waals surface area contributed by atoms with Gasteiger partial charge >= 0.3 is 0 Å². The summed E-state index contributed by atoms with van der Waals surface area (Å²) < 4.78 is 15.8. The first kappa shape index (κ1) is 14.6. The highest BCUT2D eigenvalue weighted by Crippen LogP contribution is 2.33. The number of carbonyl (C=O) groups excluding carboxylic acids is 1. The Morgan fingerprint density at radius 2 is 2.20 bits per heavy atom. The second-order valence-corrected chi connectivity index (χ2v) is 4.52. The van der Waals surface area contributed by atoms with Gasteiger partial charge in [-0.05, 0) is 18.6 Å². The molecule has 0 aliphatic carbocycles. The number of nitrogens with zero attached hydrogens (tertiary/aromatic N) is 1. The number of methoxy groups -OCH3 is 1. The number of amides is 1. The van der Waals surface area contributed by atoms with Crippen molar-refractivity contribution in [2.45, 2.75) is 6.42 Å². The Kier molecular flexibility index (Phi) is 5.20. The van der Waals surface area contributed by atoms with Crippen LogP contribution in [0.1, 0.15) is 6.42 Å². The number of fused-ring (bicyclic) bond motifs is 1. The minimum absolute atomic E-state index is 0.0418. The zero-order valence-electron chi connectivity index (χ0n) is 11.6. The van der Waals surface area contributed by atoms with E-state index >= 15 is 0 Å². The van der Waals surface area contributed by atoms with E-state index in [0.717, 1.165) is 12.1 Å². The fraction of sp³-hybridized carbons (Fsp3) is 0.500. The largest absolute Gasteiger partial charge is 0.481 e. The minimum Gasteiger partial charge on any atom is -0.481 e. The van der Waals surface area contributed by atoms with Crippen molar-refractivity contribution in [2.24, 2.45) is 0 Å². The molecule has 2 N–H and O–H groups in total. The van der Waals surface area contributed by atoms with Crippen LogP contribution < -0.4 is 15.4 Å². The molecular weight excluding hydrogens is 260 g/mol. The third-order valence-electron chi connectivity index (χ3n) is 3.02. The van der Waals surface area contributed by atoms with Crippen LogP contribution in [0, 0.1) is 0 Å². The molecule has 0 aromatic heterocycles. The number of hydrogen-bond donors (Lipinski definition) is 1. The highest BCUT2D eigenvalue weighted by atomic mass is 16.5. The van der Waals surface area contributed by atoms with Crippen molar-refractivity contribution in [3.63, 3.8) is 0 Å². The van der Waals surface area contributed by atoms with Crippen molar-refractivity contribution in [1.82, 2.24) is 0 Å². The van der Waals surface area contributed by atoms with Gasteiger partial charge in [0, 0.05) is 38.6 Å². The Bertz CT molecular complexity index is 464. The molecule has 110 valence electrons. The van der Waals surface area contributed by atoms with E-state index in [1.54, 1.807) is 30.2 Å². The van der Waals surface area contributed by atoms with Gasteiger partial charge in [-0.15, -0.1) is 0 Å². The quantitative estimate of drug-likeness (QED) is 0.597. The molecule has 1 heterocycles. The highest BCUT2D eigenvalue weighted by Gasteiger charge is 2.25. The molecular formula is C14H20N2O4. The van der Waals surface area contributed by atoms with Crippen LogP contribution in [0.2, 0.25) is 0 Å². The lowest BCUT2D eigenvalue weighted by molar-refractivity contribution is -0.121. The molecule has 20 heavy (non-hydrogen) atoms. The number of carbonyl (C=O) groups is 1. The number of ether oxygens (including phenoxy) is 3. The molecule has 6 heteroatoms. The van der Waals surface area contributed by atoms with E-state index in [1.165, 1.54) is 0 Å². The van der Waals surface area contributed by atoms with Gasteiger partial charge in [-0.25, -0.2) is 0 Å². The maximum absolute atomic E-state index is 11.9. The van der Waals surface area contributed by atoms with Gasteiger partial charge in [0.15, 0.2) is 6.61 Å². The average molecular weight is 280 g/mol. The molecule has 6 nitrogen and oxygen atoms in total. The Morgan fingerprint density at radius 3 is 3.00 bits per heavy atom. The molecule has 0 saturated carbocycles. The van der Waals surface area contributed by atoms with Gasteiger partial charge in [-0.3, -0.25) is 4.79 Å². The summed E-state index contributed by atoms with van der Waals surface area (Å²) in [5, 5.41) is 0. The average Bonchev–Trinajstić information content (AvgIpc) is 2.44. The predicted molar refractivity (Wildman–Crippen MR) is 76.0 cm³/mol. The fourth-order valence-electron chi connectivity index (χ4n) is 2.03. The van der Waals surface area contributed by atoms with Gasteiger partial charge in [0.25, 0.3) is 5.91 Å². The monoisotopic (exact) mass is 280 g/mol. The predicted octanol–water partition coefficient (Wildman–Crippen LogP) is 1.05. The van der Waals surface area contributed by atoms with Crippen LogP contribution in [0.3, 0.4) is 0 Å². The molecule has 1 amide bonds. The van der Waals surface area contributed by atoms with Crippen LogP contribution in [-0.2, 0) is 14.3 Å². The van der Waals surface area contributed by atoms with Crippen LogP contribution in [0.5, 0.6) is 5.75 Å². The lowest BCUT2D eigenvalue weighted by atomic mass is 10.2. The first-order valence-electron chi connectivity index (χ1n) is 6.61. The van der Waals surface area contributed by atoms with Crippen molar-refractivity contribution >= 4 is 17.3 Å². The first-order valence-corrected chi connectivity index (χ1v) is 6.61. The van der Waals surface area contributed by atoms with Gasteiger partial charge in [0.2, 0.25) is 0 Å². The van der Waals surface area contributed by atoms with E-state index in [4.69, 9.17) is 19.9 Å². The Morgan fingerprint density at radius 1 is 1.35 bits per heavy atom. The smallest absolute Gasteiger partial charge is 0.265 e. The molecule has 0 radical (unpaired) electrons. The summed E-state index contributed by atoms with van der Waals surface area (Å²) in [6.07, 6.45) is 0.848. The van der Waals surface area contributed by atoms with Crippen molar-refractivity contribution < 1.29 is 19.0 Å². The van der Waals surface area contributed by atoms with Crippen molar-refractivity contribution in [2.75, 3.05) is 50.7 Å². The third-order valence-corrected chi connectivity index (χ3v) is 3.02. The van der Waals surface area contributed by atoms with Crippen LogP contribution in [-0.4, -0.2) is 46.0 Å². The van der Waals surface area contributed by atoms with Crippen LogP contribution in [0.25, 0.3) is 0 Å². The maximum Gasteiger partial charge on any atom is 0.265 e. The number of anilines is 2. The number of nitrogen functional groups attached to an aromatic ring is 1. The van der Waals surface area contributed by atoms with Crippen LogP contribution >= 0.6 is 0 Å². The van der Waals surface area contributed by atoms with Crippen molar-refractivity contribution in [3.8, 4) is 5.75 Å². The van der Waals surface area contributed by atoms with E-state index < -0.39 is 0 Å². The molecule has 0 saturated heterocycles. The zero-order valence-corrected chi connectivity index (χ0v) is 11.6. The van der Waals surface area contributed by atoms with Gasteiger partial charge in [-0.1, -0.05) is 0 Å². The molecule has 0 fully saturated rings. The molecule has 1 aliphatic heterocycles. The summed E-state index contributed by atoms with van der Waals surface area (Å²) in [4.78, 5) is 13.6. The SMILES string of the molecule is COCCCOCCN1C(=O)COc2cc(N)ccc21. The normalized spacial score (nSPS) is 14.1. The van der Waals surface area contributed by atoms with Gasteiger partial charge in [0.05, 0.1) is 12.3 Å². The van der Waals surface area contributed by atoms with E-state index in [1.807, 2.05) is 0 Å². The molecule has 0 atom stereocenters.